The number of carboxylic acid groups (broad SMARTS) is 1. The third-order valence-corrected chi connectivity index (χ3v) is 3.22. The molecule has 2 aromatic carbocycles. The molecule has 2 rings (SSSR count). The molecule has 0 bridgehead atoms. The zero-order chi connectivity index (χ0) is 13.8. The number of rotatable bonds is 4. The van der Waals surface area contributed by atoms with Crippen molar-refractivity contribution in [2.45, 2.75) is 12.3 Å². The average molecular weight is 279 g/mol. The second-order valence-electron chi connectivity index (χ2n) is 4.23. The maximum absolute atomic E-state index is 13.2. The molecule has 0 aliphatic heterocycles. The van der Waals surface area contributed by atoms with E-state index in [2.05, 4.69) is 0 Å². The molecule has 1 N–H and O–H groups in total. The van der Waals surface area contributed by atoms with Crippen molar-refractivity contribution in [2.24, 2.45) is 0 Å². The monoisotopic (exact) mass is 278 g/mol. The van der Waals surface area contributed by atoms with Gasteiger partial charge in [-0.1, -0.05) is 48.0 Å². The summed E-state index contributed by atoms with van der Waals surface area (Å²) in [5.74, 6) is -1.75. The molecule has 0 unspecified atom stereocenters. The van der Waals surface area contributed by atoms with Gasteiger partial charge in [-0.2, -0.15) is 0 Å². The molecule has 2 aromatic rings. The van der Waals surface area contributed by atoms with Crippen LogP contribution in [0.1, 0.15) is 23.5 Å². The fourth-order valence-corrected chi connectivity index (χ4v) is 2.21. The van der Waals surface area contributed by atoms with Gasteiger partial charge in [0.05, 0.1) is 11.4 Å². The van der Waals surface area contributed by atoms with Gasteiger partial charge in [0.15, 0.2) is 0 Å². The normalized spacial score (nSPS) is 12.1. The smallest absolute Gasteiger partial charge is 0.304 e. The highest BCUT2D eigenvalue weighted by Gasteiger charge is 2.18. The Hall–Kier alpha value is -1.87. The van der Waals surface area contributed by atoms with Gasteiger partial charge in [-0.3, -0.25) is 4.79 Å². The largest absolute Gasteiger partial charge is 0.481 e. The standard InChI is InChI=1S/C15H12ClFO2/c16-13-8-11(6-7-14(13)17)12(9-15(18)19)10-4-2-1-3-5-10/h1-8,12H,9H2,(H,18,19)/t12-/m1/s1. The third-order valence-electron chi connectivity index (χ3n) is 2.93. The SMILES string of the molecule is O=C(O)C[C@H](c1ccccc1)c1ccc(F)c(Cl)c1. The highest BCUT2D eigenvalue weighted by Crippen LogP contribution is 2.30. The van der Waals surface area contributed by atoms with Crippen LogP contribution in [-0.4, -0.2) is 11.1 Å². The number of carbonyl (C=O) groups is 1. The van der Waals surface area contributed by atoms with Crippen LogP contribution in [0.15, 0.2) is 48.5 Å². The third kappa shape index (κ3) is 3.32. The maximum Gasteiger partial charge on any atom is 0.304 e. The van der Waals surface area contributed by atoms with Crippen LogP contribution in [0, 0.1) is 5.82 Å². The summed E-state index contributed by atoms with van der Waals surface area (Å²) in [4.78, 5) is 11.0. The molecule has 0 heterocycles. The molecule has 0 saturated heterocycles. The molecule has 0 radical (unpaired) electrons. The van der Waals surface area contributed by atoms with E-state index in [-0.39, 0.29) is 17.4 Å². The lowest BCUT2D eigenvalue weighted by Crippen LogP contribution is -2.08. The van der Waals surface area contributed by atoms with Crippen LogP contribution in [0.2, 0.25) is 5.02 Å². The van der Waals surface area contributed by atoms with Crippen molar-refractivity contribution in [3.05, 3.63) is 70.5 Å². The van der Waals surface area contributed by atoms with Crippen LogP contribution >= 0.6 is 11.6 Å². The number of carboxylic acids is 1. The average Bonchev–Trinajstić information content (AvgIpc) is 2.40. The lowest BCUT2D eigenvalue weighted by atomic mass is 9.88. The number of hydrogen-bond donors (Lipinski definition) is 1. The van der Waals surface area contributed by atoms with E-state index in [9.17, 15) is 9.18 Å². The maximum atomic E-state index is 13.2. The van der Waals surface area contributed by atoms with E-state index < -0.39 is 11.8 Å². The first kappa shape index (κ1) is 13.6. The van der Waals surface area contributed by atoms with Crippen LogP contribution < -0.4 is 0 Å². The molecule has 0 saturated carbocycles. The van der Waals surface area contributed by atoms with E-state index in [4.69, 9.17) is 16.7 Å². The Balaban J connectivity index is 2.42. The molecule has 0 amide bonds. The Bertz CT molecular complexity index is 584. The molecule has 98 valence electrons. The zero-order valence-corrected chi connectivity index (χ0v) is 10.8. The Morgan fingerprint density at radius 3 is 2.42 bits per heavy atom. The lowest BCUT2D eigenvalue weighted by Gasteiger charge is -2.16. The highest BCUT2D eigenvalue weighted by molar-refractivity contribution is 6.30. The van der Waals surface area contributed by atoms with Gasteiger partial charge in [0.25, 0.3) is 0 Å². The summed E-state index contributed by atoms with van der Waals surface area (Å²) in [6, 6.07) is 13.6. The van der Waals surface area contributed by atoms with E-state index in [1.165, 1.54) is 12.1 Å². The molecule has 0 aromatic heterocycles. The molecule has 4 heteroatoms. The summed E-state index contributed by atoms with van der Waals surface area (Å²) in [6.45, 7) is 0. The Kier molecular flexibility index (Phi) is 4.17. The van der Waals surface area contributed by atoms with Crippen molar-refractivity contribution in [3.8, 4) is 0 Å². The first-order valence-corrected chi connectivity index (χ1v) is 6.17. The minimum atomic E-state index is -0.908. The van der Waals surface area contributed by atoms with E-state index in [0.717, 1.165) is 5.56 Å². The van der Waals surface area contributed by atoms with Crippen LogP contribution in [0.3, 0.4) is 0 Å². The van der Waals surface area contributed by atoms with E-state index in [1.54, 1.807) is 6.07 Å². The summed E-state index contributed by atoms with van der Waals surface area (Å²) >= 11 is 5.76. The fourth-order valence-electron chi connectivity index (χ4n) is 2.02. The Morgan fingerprint density at radius 1 is 1.16 bits per heavy atom. The van der Waals surface area contributed by atoms with Gasteiger partial charge < -0.3 is 5.11 Å². The molecule has 0 fully saturated rings. The van der Waals surface area contributed by atoms with Crippen LogP contribution in [-0.2, 0) is 4.79 Å². The Morgan fingerprint density at radius 2 is 1.84 bits per heavy atom. The van der Waals surface area contributed by atoms with Crippen molar-refractivity contribution in [1.29, 1.82) is 0 Å². The van der Waals surface area contributed by atoms with E-state index in [1.807, 2.05) is 30.3 Å². The van der Waals surface area contributed by atoms with Gasteiger partial charge in [0.1, 0.15) is 5.82 Å². The first-order valence-electron chi connectivity index (χ1n) is 5.79. The first-order chi connectivity index (χ1) is 9.08. The highest BCUT2D eigenvalue weighted by atomic mass is 35.5. The molecule has 2 nitrogen and oxygen atoms in total. The van der Waals surface area contributed by atoms with Crippen LogP contribution in [0.4, 0.5) is 4.39 Å². The minimum absolute atomic E-state index is 0.00354. The van der Waals surface area contributed by atoms with E-state index >= 15 is 0 Å². The fraction of sp³-hybridized carbons (Fsp3) is 0.133. The number of aliphatic carboxylic acids is 1. The number of halogens is 2. The molecular weight excluding hydrogens is 267 g/mol. The topological polar surface area (TPSA) is 37.3 Å². The number of hydrogen-bond acceptors (Lipinski definition) is 1. The molecular formula is C15H12ClFO2. The molecule has 19 heavy (non-hydrogen) atoms. The Labute approximate surface area is 115 Å². The van der Waals surface area contributed by atoms with E-state index in [0.29, 0.717) is 5.56 Å². The predicted molar refractivity (Wildman–Crippen MR) is 71.9 cm³/mol. The summed E-state index contributed by atoms with van der Waals surface area (Å²) < 4.78 is 13.2. The summed E-state index contributed by atoms with van der Waals surface area (Å²) in [5.41, 5.74) is 1.56. The van der Waals surface area contributed by atoms with Gasteiger partial charge in [-0.15, -0.1) is 0 Å². The molecule has 0 aliphatic rings. The lowest BCUT2D eigenvalue weighted by molar-refractivity contribution is -0.137. The summed E-state index contributed by atoms with van der Waals surface area (Å²) in [5, 5.41) is 9.03. The molecule has 1 atom stereocenters. The van der Waals surface area contributed by atoms with Gasteiger partial charge in [0.2, 0.25) is 0 Å². The summed E-state index contributed by atoms with van der Waals surface area (Å²) in [6.07, 6.45) is -0.0635. The van der Waals surface area contributed by atoms with Crippen molar-refractivity contribution in [1.82, 2.24) is 0 Å². The quantitative estimate of drug-likeness (QED) is 0.915. The van der Waals surface area contributed by atoms with Crippen LogP contribution in [0.25, 0.3) is 0 Å². The van der Waals surface area contributed by atoms with Crippen molar-refractivity contribution in [2.75, 3.05) is 0 Å². The van der Waals surface area contributed by atoms with Gasteiger partial charge >= 0.3 is 5.97 Å². The van der Waals surface area contributed by atoms with Gasteiger partial charge in [-0.05, 0) is 23.3 Å². The number of benzene rings is 2. The minimum Gasteiger partial charge on any atom is -0.481 e. The summed E-state index contributed by atoms with van der Waals surface area (Å²) in [7, 11) is 0. The molecule has 0 aliphatic carbocycles. The van der Waals surface area contributed by atoms with Crippen molar-refractivity contribution < 1.29 is 14.3 Å². The van der Waals surface area contributed by atoms with Crippen molar-refractivity contribution >= 4 is 17.6 Å². The second-order valence-corrected chi connectivity index (χ2v) is 4.64. The predicted octanol–water partition coefficient (Wildman–Crippen LogP) is 4.09. The van der Waals surface area contributed by atoms with Gasteiger partial charge in [-0.25, -0.2) is 4.39 Å². The molecule has 0 spiro atoms. The van der Waals surface area contributed by atoms with Crippen molar-refractivity contribution in [3.63, 3.8) is 0 Å². The zero-order valence-electron chi connectivity index (χ0n) is 10.0. The van der Waals surface area contributed by atoms with Crippen LogP contribution in [0.5, 0.6) is 0 Å². The van der Waals surface area contributed by atoms with Gasteiger partial charge in [0, 0.05) is 5.92 Å². The second kappa shape index (κ2) is 5.85.